The second-order valence-corrected chi connectivity index (χ2v) is 7.53. The molecule has 1 saturated carbocycles. The molecule has 6 heteroatoms. The Morgan fingerprint density at radius 3 is 2.52 bits per heavy atom. The summed E-state index contributed by atoms with van der Waals surface area (Å²) < 4.78 is 40.8. The van der Waals surface area contributed by atoms with Crippen molar-refractivity contribution < 1.29 is 12.8 Å². The Labute approximate surface area is 126 Å². The highest BCUT2D eigenvalue weighted by atomic mass is 32.2. The average molecular weight is 314 g/mol. The van der Waals surface area contributed by atoms with E-state index >= 15 is 0 Å². The molecule has 0 spiro atoms. The molecule has 0 radical (unpaired) electrons. The molecule has 118 valence electrons. The first-order chi connectivity index (χ1) is 9.96. The monoisotopic (exact) mass is 314 g/mol. The van der Waals surface area contributed by atoms with Gasteiger partial charge in [0.1, 0.15) is 5.82 Å². The van der Waals surface area contributed by atoms with Crippen LogP contribution in [0.5, 0.6) is 0 Å². The SMILES string of the molecule is CCCN(C1(CN)CCCC1)S(=O)(=O)c1cccc(F)c1. The Morgan fingerprint density at radius 1 is 1.33 bits per heavy atom. The molecule has 2 rings (SSSR count). The summed E-state index contributed by atoms with van der Waals surface area (Å²) in [6.07, 6.45) is 4.22. The van der Waals surface area contributed by atoms with Gasteiger partial charge in [0, 0.05) is 18.6 Å². The summed E-state index contributed by atoms with van der Waals surface area (Å²) in [5.74, 6) is -0.541. The van der Waals surface area contributed by atoms with Crippen molar-refractivity contribution in [2.75, 3.05) is 13.1 Å². The molecule has 0 atom stereocenters. The Bertz CT molecular complexity index is 583. The molecule has 0 saturated heterocycles. The summed E-state index contributed by atoms with van der Waals surface area (Å²) in [7, 11) is -3.73. The van der Waals surface area contributed by atoms with E-state index < -0.39 is 21.4 Å². The molecule has 0 bridgehead atoms. The van der Waals surface area contributed by atoms with Crippen LogP contribution in [0.1, 0.15) is 39.0 Å². The average Bonchev–Trinajstić information content (AvgIpc) is 2.94. The fourth-order valence-electron chi connectivity index (χ4n) is 3.16. The van der Waals surface area contributed by atoms with Gasteiger partial charge in [-0.25, -0.2) is 12.8 Å². The van der Waals surface area contributed by atoms with Gasteiger partial charge >= 0.3 is 0 Å². The van der Waals surface area contributed by atoms with Gasteiger partial charge in [-0.15, -0.1) is 0 Å². The molecule has 1 fully saturated rings. The lowest BCUT2D eigenvalue weighted by molar-refractivity contribution is 0.197. The van der Waals surface area contributed by atoms with Gasteiger partial charge in [-0.1, -0.05) is 25.8 Å². The molecule has 4 nitrogen and oxygen atoms in total. The van der Waals surface area contributed by atoms with E-state index in [1.54, 1.807) is 0 Å². The third-order valence-electron chi connectivity index (χ3n) is 4.25. The van der Waals surface area contributed by atoms with Crippen molar-refractivity contribution in [3.63, 3.8) is 0 Å². The highest BCUT2D eigenvalue weighted by Crippen LogP contribution is 2.38. The zero-order chi connectivity index (χ0) is 15.5. The first kappa shape index (κ1) is 16.4. The smallest absolute Gasteiger partial charge is 0.243 e. The van der Waals surface area contributed by atoms with Gasteiger partial charge in [0.25, 0.3) is 0 Å². The van der Waals surface area contributed by atoms with Crippen molar-refractivity contribution in [1.82, 2.24) is 4.31 Å². The van der Waals surface area contributed by atoms with Crippen molar-refractivity contribution in [3.8, 4) is 0 Å². The molecule has 21 heavy (non-hydrogen) atoms. The van der Waals surface area contributed by atoms with Crippen LogP contribution in [0.3, 0.4) is 0 Å². The molecule has 0 unspecified atom stereocenters. The fraction of sp³-hybridized carbons (Fsp3) is 0.600. The Morgan fingerprint density at radius 2 is 2.00 bits per heavy atom. The molecule has 0 amide bonds. The lowest BCUT2D eigenvalue weighted by Crippen LogP contribution is -2.54. The largest absolute Gasteiger partial charge is 0.329 e. The molecule has 0 heterocycles. The maximum Gasteiger partial charge on any atom is 0.243 e. The molecule has 2 N–H and O–H groups in total. The van der Waals surface area contributed by atoms with Crippen molar-refractivity contribution >= 4 is 10.0 Å². The fourth-order valence-corrected chi connectivity index (χ4v) is 5.11. The zero-order valence-corrected chi connectivity index (χ0v) is 13.2. The van der Waals surface area contributed by atoms with E-state index in [1.165, 1.54) is 22.5 Å². The van der Waals surface area contributed by atoms with Gasteiger partial charge in [0.05, 0.1) is 4.90 Å². The van der Waals surface area contributed by atoms with Crippen LogP contribution in [0.25, 0.3) is 0 Å². The van der Waals surface area contributed by atoms with Gasteiger partial charge in [0.15, 0.2) is 0 Å². The van der Waals surface area contributed by atoms with Gasteiger partial charge in [-0.05, 0) is 37.5 Å². The number of halogens is 1. The summed E-state index contributed by atoms with van der Waals surface area (Å²) in [4.78, 5) is 0.00988. The number of sulfonamides is 1. The first-order valence-electron chi connectivity index (χ1n) is 7.45. The summed E-state index contributed by atoms with van der Waals surface area (Å²) in [5.41, 5.74) is 5.41. The third kappa shape index (κ3) is 3.12. The lowest BCUT2D eigenvalue weighted by Gasteiger charge is -2.39. The van der Waals surface area contributed by atoms with Gasteiger partial charge in [-0.3, -0.25) is 0 Å². The maximum absolute atomic E-state index is 13.4. The normalized spacial score (nSPS) is 18.3. The van der Waals surface area contributed by atoms with Crippen molar-refractivity contribution in [1.29, 1.82) is 0 Å². The number of nitrogens with zero attached hydrogens (tertiary/aromatic N) is 1. The van der Waals surface area contributed by atoms with Crippen LogP contribution in [0.4, 0.5) is 4.39 Å². The van der Waals surface area contributed by atoms with Crippen LogP contribution >= 0.6 is 0 Å². The van der Waals surface area contributed by atoms with Gasteiger partial charge < -0.3 is 5.73 Å². The Hall–Kier alpha value is -0.980. The Balaban J connectivity index is 2.46. The minimum atomic E-state index is -3.73. The maximum atomic E-state index is 13.4. The minimum absolute atomic E-state index is 0.00988. The van der Waals surface area contributed by atoms with Crippen molar-refractivity contribution in [2.24, 2.45) is 5.73 Å². The lowest BCUT2D eigenvalue weighted by atomic mass is 9.98. The molecule has 1 aliphatic carbocycles. The van der Waals surface area contributed by atoms with E-state index in [4.69, 9.17) is 5.73 Å². The van der Waals surface area contributed by atoms with Crippen LogP contribution in [0.15, 0.2) is 29.2 Å². The van der Waals surface area contributed by atoms with E-state index in [0.717, 1.165) is 31.7 Å². The quantitative estimate of drug-likeness (QED) is 0.877. The van der Waals surface area contributed by atoms with E-state index in [0.29, 0.717) is 19.5 Å². The molecule has 0 aromatic heterocycles. The highest BCUT2D eigenvalue weighted by Gasteiger charge is 2.44. The van der Waals surface area contributed by atoms with Gasteiger partial charge in [-0.2, -0.15) is 4.31 Å². The topological polar surface area (TPSA) is 63.4 Å². The number of benzene rings is 1. The second kappa shape index (κ2) is 6.42. The summed E-state index contributed by atoms with van der Waals surface area (Å²) in [5, 5.41) is 0. The summed E-state index contributed by atoms with van der Waals surface area (Å²) in [6.45, 7) is 2.66. The van der Waals surface area contributed by atoms with E-state index in [9.17, 15) is 12.8 Å². The van der Waals surface area contributed by atoms with Crippen molar-refractivity contribution in [2.45, 2.75) is 49.5 Å². The number of nitrogens with two attached hydrogens (primary N) is 1. The Kier molecular flexibility index (Phi) is 5.01. The zero-order valence-electron chi connectivity index (χ0n) is 12.4. The predicted octanol–water partition coefficient (Wildman–Crippen LogP) is 2.50. The van der Waals surface area contributed by atoms with E-state index in [1.807, 2.05) is 6.92 Å². The predicted molar refractivity (Wildman–Crippen MR) is 80.8 cm³/mol. The van der Waals surface area contributed by atoms with Crippen LogP contribution in [-0.2, 0) is 10.0 Å². The molecule has 0 aliphatic heterocycles. The van der Waals surface area contributed by atoms with E-state index in [-0.39, 0.29) is 4.90 Å². The van der Waals surface area contributed by atoms with Crippen LogP contribution < -0.4 is 5.73 Å². The number of rotatable bonds is 6. The van der Waals surface area contributed by atoms with Crippen molar-refractivity contribution in [3.05, 3.63) is 30.1 Å². The summed E-state index contributed by atoms with van der Waals surface area (Å²) in [6, 6.07) is 5.20. The molecule has 1 aromatic carbocycles. The first-order valence-corrected chi connectivity index (χ1v) is 8.89. The van der Waals surface area contributed by atoms with Crippen LogP contribution in [0, 0.1) is 5.82 Å². The number of hydrogen-bond donors (Lipinski definition) is 1. The third-order valence-corrected chi connectivity index (χ3v) is 6.25. The minimum Gasteiger partial charge on any atom is -0.329 e. The molecule has 1 aliphatic rings. The highest BCUT2D eigenvalue weighted by molar-refractivity contribution is 7.89. The molecular weight excluding hydrogens is 291 g/mol. The van der Waals surface area contributed by atoms with Gasteiger partial charge in [0.2, 0.25) is 10.0 Å². The van der Waals surface area contributed by atoms with Crippen LogP contribution in [-0.4, -0.2) is 31.4 Å². The second-order valence-electron chi connectivity index (χ2n) is 5.67. The number of hydrogen-bond acceptors (Lipinski definition) is 3. The summed E-state index contributed by atoms with van der Waals surface area (Å²) >= 11 is 0. The molecular formula is C15H23FN2O2S. The van der Waals surface area contributed by atoms with E-state index in [2.05, 4.69) is 0 Å². The van der Waals surface area contributed by atoms with Crippen LogP contribution in [0.2, 0.25) is 0 Å². The standard InChI is InChI=1S/C15H23FN2O2S/c1-2-10-18(15(12-17)8-3-4-9-15)21(19,20)14-7-5-6-13(16)11-14/h5-7,11H,2-4,8-10,12,17H2,1H3. The molecule has 1 aromatic rings.